The SMILES string of the molecule is CCCO[C@H](CC(C(C)C)N(C)C(=O)[C@@H](NC(=O)[C@H]1CCCCN1C)C(C)CC)c1nc(C(=O)N[C@@H](Cc2ccccc2)C[C@H](C)C(=O)O)cs1. The Kier molecular flexibility index (Phi) is 17.0. The van der Waals surface area contributed by atoms with Crippen molar-refractivity contribution in [3.63, 3.8) is 0 Å². The van der Waals surface area contributed by atoms with E-state index in [1.54, 1.807) is 17.2 Å². The number of carbonyl (C=O) groups is 4. The van der Waals surface area contributed by atoms with E-state index in [1.807, 2.05) is 65.2 Å². The lowest BCUT2D eigenvalue weighted by molar-refractivity contribution is -0.141. The van der Waals surface area contributed by atoms with Gasteiger partial charge < -0.3 is 25.4 Å². The summed E-state index contributed by atoms with van der Waals surface area (Å²) in [5, 5.41) is 18.1. The zero-order chi connectivity index (χ0) is 37.7. The van der Waals surface area contributed by atoms with Crippen LogP contribution in [0.15, 0.2) is 35.7 Å². The van der Waals surface area contributed by atoms with Gasteiger partial charge in [-0.1, -0.05) is 84.7 Å². The maximum atomic E-state index is 14.2. The van der Waals surface area contributed by atoms with Gasteiger partial charge in [-0.2, -0.15) is 0 Å². The molecule has 3 rings (SSSR count). The van der Waals surface area contributed by atoms with Crippen molar-refractivity contribution in [1.29, 1.82) is 0 Å². The highest BCUT2D eigenvalue weighted by atomic mass is 32.1. The van der Waals surface area contributed by atoms with Crippen molar-refractivity contribution < 1.29 is 29.0 Å². The van der Waals surface area contributed by atoms with Crippen molar-refractivity contribution in [1.82, 2.24) is 25.4 Å². The number of carboxylic acids is 1. The van der Waals surface area contributed by atoms with Gasteiger partial charge >= 0.3 is 5.97 Å². The van der Waals surface area contributed by atoms with Crippen molar-refractivity contribution in [2.24, 2.45) is 17.8 Å². The molecule has 1 aliphatic heterocycles. The van der Waals surface area contributed by atoms with Gasteiger partial charge in [-0.15, -0.1) is 11.3 Å². The summed E-state index contributed by atoms with van der Waals surface area (Å²) in [6, 6.07) is 8.17. The van der Waals surface area contributed by atoms with Crippen molar-refractivity contribution in [2.75, 3.05) is 27.2 Å². The van der Waals surface area contributed by atoms with Gasteiger partial charge in [0.05, 0.1) is 12.0 Å². The number of nitrogens with one attached hydrogen (secondary N) is 2. The Morgan fingerprint density at radius 1 is 1.06 bits per heavy atom. The van der Waals surface area contributed by atoms with Gasteiger partial charge in [0.25, 0.3) is 5.91 Å². The van der Waals surface area contributed by atoms with Crippen LogP contribution >= 0.6 is 11.3 Å². The topological polar surface area (TPSA) is 141 Å². The van der Waals surface area contributed by atoms with Crippen molar-refractivity contribution in [3.8, 4) is 0 Å². The maximum absolute atomic E-state index is 14.2. The minimum absolute atomic E-state index is 0.0537. The summed E-state index contributed by atoms with van der Waals surface area (Å²) in [5.41, 5.74) is 1.25. The molecule has 1 fully saturated rings. The van der Waals surface area contributed by atoms with Gasteiger partial charge in [0.15, 0.2) is 0 Å². The van der Waals surface area contributed by atoms with E-state index in [2.05, 4.69) is 29.4 Å². The molecule has 1 aliphatic rings. The third-order valence-electron chi connectivity index (χ3n) is 10.2. The first-order valence-corrected chi connectivity index (χ1v) is 19.6. The van der Waals surface area contributed by atoms with Crippen molar-refractivity contribution in [2.45, 2.75) is 123 Å². The number of aromatic nitrogens is 1. The number of ether oxygens (including phenoxy) is 1. The van der Waals surface area contributed by atoms with E-state index in [4.69, 9.17) is 9.72 Å². The third-order valence-corrected chi connectivity index (χ3v) is 11.1. The summed E-state index contributed by atoms with van der Waals surface area (Å²) in [5.74, 6) is -2.11. The molecule has 1 aromatic carbocycles. The van der Waals surface area contributed by atoms with E-state index in [1.165, 1.54) is 11.3 Å². The van der Waals surface area contributed by atoms with Gasteiger partial charge in [-0.25, -0.2) is 4.98 Å². The van der Waals surface area contributed by atoms with Gasteiger partial charge in [0.1, 0.15) is 22.8 Å². The smallest absolute Gasteiger partial charge is 0.306 e. The standard InChI is InChI=1S/C39H61N5O6S/c1-9-20-50-33(37-41-30(24-51-37)35(45)40-29(21-27(6)39(48)49)22-28-16-12-11-13-17-28)23-32(25(3)4)44(8)38(47)34(26(5)10-2)42-36(46)31-18-14-15-19-43(31)7/h11-13,16-17,24-27,29,31-34H,9-10,14-15,18-23H2,1-8H3,(H,40,45)(H,42,46)(H,48,49)/t26?,27-,29+,31+,32?,33+,34-/m0/s1. The Hall–Kier alpha value is -3.35. The van der Waals surface area contributed by atoms with Crippen LogP contribution in [0.4, 0.5) is 0 Å². The van der Waals surface area contributed by atoms with Crippen LogP contribution < -0.4 is 10.6 Å². The lowest BCUT2D eigenvalue weighted by Gasteiger charge is -2.38. The van der Waals surface area contributed by atoms with Crippen LogP contribution in [0, 0.1) is 17.8 Å². The summed E-state index contributed by atoms with van der Waals surface area (Å²) >= 11 is 1.34. The summed E-state index contributed by atoms with van der Waals surface area (Å²) < 4.78 is 6.34. The van der Waals surface area contributed by atoms with Crippen LogP contribution in [0.1, 0.15) is 114 Å². The average molecular weight is 728 g/mol. The Balaban J connectivity index is 1.80. The molecular formula is C39H61N5O6S. The summed E-state index contributed by atoms with van der Waals surface area (Å²) in [4.78, 5) is 61.4. The van der Waals surface area contributed by atoms with Gasteiger partial charge in [0.2, 0.25) is 11.8 Å². The van der Waals surface area contributed by atoms with Crippen LogP contribution in [-0.4, -0.2) is 95.0 Å². The molecule has 3 amide bonds. The number of amides is 3. The number of aliphatic carboxylic acids is 1. The van der Waals surface area contributed by atoms with Crippen LogP contribution in [0.3, 0.4) is 0 Å². The van der Waals surface area contributed by atoms with Gasteiger partial charge in [-0.05, 0) is 63.1 Å². The first kappa shape index (κ1) is 42.1. The van der Waals surface area contributed by atoms with E-state index in [0.29, 0.717) is 24.5 Å². The largest absolute Gasteiger partial charge is 0.481 e. The quantitative estimate of drug-likeness (QED) is 0.152. The van der Waals surface area contributed by atoms with Gasteiger partial charge in [-0.3, -0.25) is 24.1 Å². The number of hydrogen-bond donors (Lipinski definition) is 3. The molecule has 0 spiro atoms. The highest BCUT2D eigenvalue weighted by Gasteiger charge is 2.37. The lowest BCUT2D eigenvalue weighted by atomic mass is 9.92. The summed E-state index contributed by atoms with van der Waals surface area (Å²) in [7, 11) is 3.78. The molecule has 12 heteroatoms. The predicted molar refractivity (Wildman–Crippen MR) is 202 cm³/mol. The van der Waals surface area contributed by atoms with E-state index in [0.717, 1.165) is 44.2 Å². The van der Waals surface area contributed by atoms with Crippen LogP contribution in [0.25, 0.3) is 0 Å². The average Bonchev–Trinajstić information content (AvgIpc) is 3.60. The van der Waals surface area contributed by atoms with E-state index < -0.39 is 30.1 Å². The number of carboxylic acid groups (broad SMARTS) is 1. The number of carbonyl (C=O) groups excluding carboxylic acids is 3. The minimum atomic E-state index is -0.910. The molecular weight excluding hydrogens is 667 g/mol. The second-order valence-corrected chi connectivity index (χ2v) is 15.5. The Morgan fingerprint density at radius 3 is 2.37 bits per heavy atom. The maximum Gasteiger partial charge on any atom is 0.306 e. The van der Waals surface area contributed by atoms with Crippen molar-refractivity contribution in [3.05, 3.63) is 52.0 Å². The number of thiazole rings is 1. The van der Waals surface area contributed by atoms with Crippen molar-refractivity contribution >= 4 is 35.0 Å². The number of likely N-dealkylation sites (tertiary alicyclic amines) is 1. The Labute approximate surface area is 308 Å². The molecule has 0 radical (unpaired) electrons. The second kappa shape index (κ2) is 20.6. The molecule has 1 saturated heterocycles. The molecule has 0 aliphatic carbocycles. The zero-order valence-corrected chi connectivity index (χ0v) is 32.7. The zero-order valence-electron chi connectivity index (χ0n) is 31.9. The first-order valence-electron chi connectivity index (χ1n) is 18.7. The molecule has 3 N–H and O–H groups in total. The molecule has 51 heavy (non-hydrogen) atoms. The number of benzene rings is 1. The molecule has 7 atom stereocenters. The number of nitrogens with zero attached hydrogens (tertiary/aromatic N) is 3. The number of rotatable bonds is 20. The minimum Gasteiger partial charge on any atom is -0.481 e. The fourth-order valence-corrected chi connectivity index (χ4v) is 7.60. The molecule has 1 aromatic heterocycles. The second-order valence-electron chi connectivity index (χ2n) is 14.6. The number of piperidine rings is 1. The fourth-order valence-electron chi connectivity index (χ4n) is 6.74. The highest BCUT2D eigenvalue weighted by Crippen LogP contribution is 2.31. The van der Waals surface area contributed by atoms with Gasteiger partial charge in [0, 0.05) is 37.5 Å². The first-order chi connectivity index (χ1) is 24.3. The molecule has 0 saturated carbocycles. The lowest BCUT2D eigenvalue weighted by Crippen LogP contribution is -2.58. The van der Waals surface area contributed by atoms with E-state index >= 15 is 0 Å². The molecule has 2 aromatic rings. The molecule has 284 valence electrons. The molecule has 2 heterocycles. The Bertz CT molecular complexity index is 1400. The van der Waals surface area contributed by atoms with Crippen LogP contribution in [0.5, 0.6) is 0 Å². The van der Waals surface area contributed by atoms with Crippen LogP contribution in [0.2, 0.25) is 0 Å². The molecule has 11 nitrogen and oxygen atoms in total. The molecule has 0 bridgehead atoms. The molecule has 2 unspecified atom stereocenters. The monoisotopic (exact) mass is 727 g/mol. The summed E-state index contributed by atoms with van der Waals surface area (Å²) in [6.45, 7) is 13.2. The third kappa shape index (κ3) is 12.4. The van der Waals surface area contributed by atoms with E-state index in [9.17, 15) is 24.3 Å². The fraction of sp³-hybridized carbons (Fsp3) is 0.667. The number of hydrogen-bond acceptors (Lipinski definition) is 8. The summed E-state index contributed by atoms with van der Waals surface area (Å²) in [6.07, 6.45) is 5.16. The van der Waals surface area contributed by atoms with E-state index in [-0.39, 0.29) is 53.8 Å². The number of likely N-dealkylation sites (N-methyl/N-ethyl adjacent to an activating group) is 2. The predicted octanol–water partition coefficient (Wildman–Crippen LogP) is 5.95. The van der Waals surface area contributed by atoms with Crippen LogP contribution in [-0.2, 0) is 25.5 Å². The normalized spacial score (nSPS) is 18.6. The Morgan fingerprint density at radius 2 is 1.76 bits per heavy atom. The highest BCUT2D eigenvalue weighted by molar-refractivity contribution is 7.09.